The quantitative estimate of drug-likeness (QED) is 0.595. The Morgan fingerprint density at radius 1 is 1.27 bits per heavy atom. The van der Waals surface area contributed by atoms with Crippen molar-refractivity contribution in [3.63, 3.8) is 0 Å². The van der Waals surface area contributed by atoms with Crippen molar-refractivity contribution < 1.29 is 14.4 Å². The summed E-state index contributed by atoms with van der Waals surface area (Å²) >= 11 is 5.89. The standard InChI is InChI=1S/C18H21ClN4O3/c1-12(13(2)17(22-25-4)18(24)20-3)11-26-16-9-10-23(21-16)15-7-5-14(19)6-8-15/h5-10H,11H2,1-4H3,(H,20,24). The third kappa shape index (κ3) is 4.86. The summed E-state index contributed by atoms with van der Waals surface area (Å²) < 4.78 is 7.41. The zero-order valence-corrected chi connectivity index (χ0v) is 15.9. The monoisotopic (exact) mass is 376 g/mol. The summed E-state index contributed by atoms with van der Waals surface area (Å²) in [5, 5.41) is 11.4. The Morgan fingerprint density at radius 2 is 1.96 bits per heavy atom. The number of nitrogens with zero attached hydrogens (tertiary/aromatic N) is 3. The zero-order valence-electron chi connectivity index (χ0n) is 15.1. The van der Waals surface area contributed by atoms with Crippen LogP contribution in [0.25, 0.3) is 5.69 Å². The van der Waals surface area contributed by atoms with Crippen LogP contribution in [0.2, 0.25) is 5.02 Å². The van der Waals surface area contributed by atoms with Crippen LogP contribution in [0.5, 0.6) is 5.88 Å². The van der Waals surface area contributed by atoms with E-state index in [2.05, 4.69) is 15.6 Å². The molecule has 1 heterocycles. The Morgan fingerprint density at radius 3 is 2.58 bits per heavy atom. The van der Waals surface area contributed by atoms with Gasteiger partial charge in [0.25, 0.3) is 5.91 Å². The van der Waals surface area contributed by atoms with E-state index in [1.807, 2.05) is 19.1 Å². The molecule has 1 N–H and O–H groups in total. The van der Waals surface area contributed by atoms with Crippen LogP contribution in [0.3, 0.4) is 0 Å². The molecular weight excluding hydrogens is 356 g/mol. The minimum absolute atomic E-state index is 0.211. The molecule has 0 aliphatic rings. The van der Waals surface area contributed by atoms with Crippen molar-refractivity contribution in [3.8, 4) is 11.6 Å². The number of aromatic nitrogens is 2. The Hall–Kier alpha value is -2.80. The maximum Gasteiger partial charge on any atom is 0.273 e. The molecule has 0 bridgehead atoms. The molecule has 8 heteroatoms. The van der Waals surface area contributed by atoms with E-state index >= 15 is 0 Å². The summed E-state index contributed by atoms with van der Waals surface area (Å²) in [6, 6.07) is 9.09. The molecule has 2 rings (SSSR count). The van der Waals surface area contributed by atoms with Gasteiger partial charge in [-0.05, 0) is 49.3 Å². The van der Waals surface area contributed by atoms with Gasteiger partial charge in [0.1, 0.15) is 13.7 Å². The molecule has 0 aliphatic heterocycles. The van der Waals surface area contributed by atoms with Gasteiger partial charge in [-0.25, -0.2) is 4.68 Å². The van der Waals surface area contributed by atoms with Crippen molar-refractivity contribution in [2.75, 3.05) is 20.8 Å². The lowest BCUT2D eigenvalue weighted by atomic mass is 10.1. The summed E-state index contributed by atoms with van der Waals surface area (Å²) in [6.07, 6.45) is 1.80. The molecule has 2 aromatic rings. The van der Waals surface area contributed by atoms with E-state index in [0.29, 0.717) is 16.5 Å². The number of ether oxygens (including phenoxy) is 1. The lowest BCUT2D eigenvalue weighted by Gasteiger charge is -2.10. The van der Waals surface area contributed by atoms with E-state index in [4.69, 9.17) is 21.2 Å². The zero-order chi connectivity index (χ0) is 19.1. The molecule has 7 nitrogen and oxygen atoms in total. The Kier molecular flexibility index (Phi) is 6.80. The van der Waals surface area contributed by atoms with Gasteiger partial charge in [-0.2, -0.15) is 0 Å². The first-order valence-corrected chi connectivity index (χ1v) is 8.28. The van der Waals surface area contributed by atoms with Crippen LogP contribution in [-0.2, 0) is 9.63 Å². The highest BCUT2D eigenvalue weighted by atomic mass is 35.5. The number of hydrogen-bond acceptors (Lipinski definition) is 5. The number of carbonyl (C=O) groups is 1. The molecule has 0 saturated carbocycles. The second-order valence-electron chi connectivity index (χ2n) is 5.47. The smallest absolute Gasteiger partial charge is 0.273 e. The Labute approximate surface area is 157 Å². The van der Waals surface area contributed by atoms with Crippen molar-refractivity contribution in [1.82, 2.24) is 15.1 Å². The average molecular weight is 377 g/mol. The number of benzene rings is 1. The second-order valence-corrected chi connectivity index (χ2v) is 5.91. The van der Waals surface area contributed by atoms with Crippen LogP contribution in [0, 0.1) is 0 Å². The molecule has 1 aromatic heterocycles. The highest BCUT2D eigenvalue weighted by Crippen LogP contribution is 2.16. The molecule has 0 fully saturated rings. The molecular formula is C18H21ClN4O3. The summed E-state index contributed by atoms with van der Waals surface area (Å²) in [7, 11) is 2.93. The molecule has 138 valence electrons. The maximum absolute atomic E-state index is 11.9. The fourth-order valence-corrected chi connectivity index (χ4v) is 2.23. The van der Waals surface area contributed by atoms with Gasteiger partial charge in [0.15, 0.2) is 5.71 Å². The summed E-state index contributed by atoms with van der Waals surface area (Å²) in [5.74, 6) is 0.146. The van der Waals surface area contributed by atoms with Crippen LogP contribution in [0.4, 0.5) is 0 Å². The fourth-order valence-electron chi connectivity index (χ4n) is 2.10. The molecule has 0 saturated heterocycles. The van der Waals surface area contributed by atoms with Gasteiger partial charge in [-0.15, -0.1) is 5.10 Å². The highest BCUT2D eigenvalue weighted by Gasteiger charge is 2.15. The molecule has 1 aromatic carbocycles. The van der Waals surface area contributed by atoms with E-state index in [1.165, 1.54) is 14.2 Å². The first-order chi connectivity index (χ1) is 12.5. The summed E-state index contributed by atoms with van der Waals surface area (Å²) in [4.78, 5) is 16.6. The lowest BCUT2D eigenvalue weighted by Crippen LogP contribution is -2.29. The van der Waals surface area contributed by atoms with E-state index < -0.39 is 0 Å². The number of hydrogen-bond donors (Lipinski definition) is 1. The minimum Gasteiger partial charge on any atom is -0.472 e. The van der Waals surface area contributed by atoms with E-state index in [1.54, 1.807) is 36.0 Å². The topological polar surface area (TPSA) is 77.7 Å². The third-order valence-corrected chi connectivity index (χ3v) is 3.96. The van der Waals surface area contributed by atoms with Crippen LogP contribution >= 0.6 is 11.6 Å². The predicted octanol–water partition coefficient (Wildman–Crippen LogP) is 2.99. The molecule has 26 heavy (non-hydrogen) atoms. The van der Waals surface area contributed by atoms with Crippen LogP contribution < -0.4 is 10.1 Å². The van der Waals surface area contributed by atoms with Crippen LogP contribution in [-0.4, -0.2) is 42.2 Å². The fraction of sp³-hybridized carbons (Fsp3) is 0.278. The van der Waals surface area contributed by atoms with Gasteiger partial charge < -0.3 is 14.9 Å². The van der Waals surface area contributed by atoms with Gasteiger partial charge in [0, 0.05) is 24.3 Å². The van der Waals surface area contributed by atoms with Gasteiger partial charge >= 0.3 is 0 Å². The van der Waals surface area contributed by atoms with E-state index in [9.17, 15) is 4.79 Å². The van der Waals surface area contributed by atoms with Crippen LogP contribution in [0.15, 0.2) is 52.8 Å². The van der Waals surface area contributed by atoms with Gasteiger partial charge in [-0.1, -0.05) is 16.8 Å². The number of nitrogens with one attached hydrogen (secondary N) is 1. The summed E-state index contributed by atoms with van der Waals surface area (Å²) in [5.41, 5.74) is 2.61. The highest BCUT2D eigenvalue weighted by molar-refractivity contribution is 6.45. The van der Waals surface area contributed by atoms with Crippen molar-refractivity contribution in [1.29, 1.82) is 0 Å². The second kappa shape index (κ2) is 9.05. The first kappa shape index (κ1) is 19.5. The summed E-state index contributed by atoms with van der Waals surface area (Å²) in [6.45, 7) is 3.92. The van der Waals surface area contributed by atoms with Gasteiger partial charge in [0.05, 0.1) is 5.69 Å². The maximum atomic E-state index is 11.9. The molecule has 0 radical (unpaired) electrons. The predicted molar refractivity (Wildman–Crippen MR) is 101 cm³/mol. The number of amides is 1. The largest absolute Gasteiger partial charge is 0.472 e. The molecule has 0 unspecified atom stereocenters. The molecule has 1 amide bonds. The van der Waals surface area contributed by atoms with Crippen molar-refractivity contribution in [3.05, 3.63) is 52.7 Å². The SMILES string of the molecule is CNC(=O)C(=NOC)C(C)=C(C)COc1ccn(-c2ccc(Cl)cc2)n1. The third-order valence-electron chi connectivity index (χ3n) is 3.71. The minimum atomic E-state index is -0.323. The van der Waals surface area contributed by atoms with Crippen molar-refractivity contribution in [2.45, 2.75) is 13.8 Å². The van der Waals surface area contributed by atoms with Crippen molar-refractivity contribution in [2.24, 2.45) is 5.16 Å². The van der Waals surface area contributed by atoms with Gasteiger partial charge in [-0.3, -0.25) is 4.79 Å². The molecule has 0 spiro atoms. The van der Waals surface area contributed by atoms with E-state index in [0.717, 1.165) is 11.3 Å². The molecule has 0 aliphatic carbocycles. The Balaban J connectivity index is 2.09. The first-order valence-electron chi connectivity index (χ1n) is 7.90. The number of rotatable bonds is 7. The van der Waals surface area contributed by atoms with Crippen LogP contribution in [0.1, 0.15) is 13.8 Å². The normalized spacial score (nSPS) is 12.4. The average Bonchev–Trinajstić information content (AvgIpc) is 3.12. The van der Waals surface area contributed by atoms with Crippen molar-refractivity contribution >= 4 is 23.2 Å². The van der Waals surface area contributed by atoms with E-state index in [-0.39, 0.29) is 18.2 Å². The Bertz CT molecular complexity index is 825. The lowest BCUT2D eigenvalue weighted by molar-refractivity contribution is -0.114. The number of oxime groups is 1. The van der Waals surface area contributed by atoms with Gasteiger partial charge in [0.2, 0.25) is 5.88 Å². The number of halogens is 1. The number of carbonyl (C=O) groups excluding carboxylic acids is 1. The molecule has 0 atom stereocenters.